The molecular weight excluding hydrogens is 352 g/mol. The van der Waals surface area contributed by atoms with Crippen molar-refractivity contribution in [2.24, 2.45) is 7.05 Å². The fourth-order valence-corrected chi connectivity index (χ4v) is 3.95. The molecule has 0 saturated heterocycles. The lowest BCUT2D eigenvalue weighted by molar-refractivity contribution is 0.0445. The maximum Gasteiger partial charge on any atom is 0.264 e. The molecule has 2 N–H and O–H groups in total. The van der Waals surface area contributed by atoms with Gasteiger partial charge in [0.25, 0.3) is 5.56 Å². The van der Waals surface area contributed by atoms with E-state index in [0.29, 0.717) is 16.7 Å². The van der Waals surface area contributed by atoms with Crippen LogP contribution in [-0.4, -0.2) is 25.7 Å². The van der Waals surface area contributed by atoms with Crippen LogP contribution >= 0.6 is 0 Å². The van der Waals surface area contributed by atoms with Gasteiger partial charge in [-0.3, -0.25) is 4.79 Å². The predicted octanol–water partition coefficient (Wildman–Crippen LogP) is 3.58. The number of nitrogens with zero attached hydrogens (tertiary/aromatic N) is 3. The molecule has 1 fully saturated rings. The minimum atomic E-state index is -0.701. The molecule has 0 spiro atoms. The van der Waals surface area contributed by atoms with Crippen molar-refractivity contribution in [3.05, 3.63) is 52.6 Å². The van der Waals surface area contributed by atoms with E-state index >= 15 is 0 Å². The zero-order valence-electron chi connectivity index (χ0n) is 16.6. The summed E-state index contributed by atoms with van der Waals surface area (Å²) in [4.78, 5) is 21.8. The van der Waals surface area contributed by atoms with Gasteiger partial charge < -0.3 is 15.0 Å². The van der Waals surface area contributed by atoms with Crippen LogP contribution in [0.5, 0.6) is 0 Å². The molecule has 0 atom stereocenters. The molecule has 1 aliphatic carbocycles. The Balaban J connectivity index is 1.80. The minimum Gasteiger partial charge on any atom is -0.385 e. The smallest absolute Gasteiger partial charge is 0.264 e. The molecule has 0 amide bonds. The van der Waals surface area contributed by atoms with Gasteiger partial charge in [-0.1, -0.05) is 37.1 Å². The van der Waals surface area contributed by atoms with Crippen molar-refractivity contribution in [2.45, 2.75) is 51.2 Å². The SMILES string of the molecule is CC(C)Nc1nc(-c2ccc(C3(O)CCCC3)cc2)cc2ncn(C)c(=O)c12. The number of aromatic nitrogens is 3. The normalized spacial score (nSPS) is 16.0. The Kier molecular flexibility index (Phi) is 4.67. The number of rotatable bonds is 4. The number of aryl methyl sites for hydroxylation is 1. The summed E-state index contributed by atoms with van der Waals surface area (Å²) in [7, 11) is 1.69. The minimum absolute atomic E-state index is 0.119. The Morgan fingerprint density at radius 3 is 2.50 bits per heavy atom. The highest BCUT2D eigenvalue weighted by Crippen LogP contribution is 2.39. The van der Waals surface area contributed by atoms with Gasteiger partial charge in [0.2, 0.25) is 0 Å². The lowest BCUT2D eigenvalue weighted by Crippen LogP contribution is -2.21. The zero-order valence-corrected chi connectivity index (χ0v) is 16.6. The summed E-state index contributed by atoms with van der Waals surface area (Å²) < 4.78 is 1.46. The fraction of sp³-hybridized carbons (Fsp3) is 0.409. The highest BCUT2D eigenvalue weighted by molar-refractivity contribution is 5.91. The van der Waals surface area contributed by atoms with Gasteiger partial charge in [0, 0.05) is 18.7 Å². The van der Waals surface area contributed by atoms with E-state index in [1.807, 2.05) is 44.2 Å². The molecule has 2 aromatic heterocycles. The monoisotopic (exact) mass is 378 g/mol. The first-order valence-electron chi connectivity index (χ1n) is 9.83. The van der Waals surface area contributed by atoms with Gasteiger partial charge in [0.15, 0.2) is 0 Å². The van der Waals surface area contributed by atoms with Crippen molar-refractivity contribution >= 4 is 16.7 Å². The van der Waals surface area contributed by atoms with Crippen LogP contribution in [0.3, 0.4) is 0 Å². The highest BCUT2D eigenvalue weighted by Gasteiger charge is 2.32. The van der Waals surface area contributed by atoms with Crippen LogP contribution in [0, 0.1) is 0 Å². The number of hydrogen-bond donors (Lipinski definition) is 2. The molecule has 6 nitrogen and oxygen atoms in total. The third kappa shape index (κ3) is 3.29. The first kappa shape index (κ1) is 18.6. The number of fused-ring (bicyclic) bond motifs is 1. The molecule has 0 unspecified atom stereocenters. The van der Waals surface area contributed by atoms with Gasteiger partial charge in [-0.05, 0) is 38.3 Å². The summed E-state index contributed by atoms with van der Waals surface area (Å²) in [6, 6.07) is 9.93. The summed E-state index contributed by atoms with van der Waals surface area (Å²) in [5, 5.41) is 14.6. The van der Waals surface area contributed by atoms with Crippen LogP contribution in [0.2, 0.25) is 0 Å². The van der Waals surface area contributed by atoms with Crippen LogP contribution in [-0.2, 0) is 12.6 Å². The number of benzene rings is 1. The Labute approximate surface area is 164 Å². The van der Waals surface area contributed by atoms with E-state index in [4.69, 9.17) is 4.98 Å². The maximum atomic E-state index is 12.6. The second-order valence-electron chi connectivity index (χ2n) is 8.03. The molecular formula is C22H26N4O2. The molecule has 0 bridgehead atoms. The molecule has 4 rings (SSSR count). The van der Waals surface area contributed by atoms with Gasteiger partial charge in [0.05, 0.1) is 23.1 Å². The summed E-state index contributed by atoms with van der Waals surface area (Å²) in [5.74, 6) is 0.551. The standard InChI is InChI=1S/C22H26N4O2/c1-14(2)24-20-19-18(23-13-26(3)21(19)27)12-17(25-20)15-6-8-16(9-7-15)22(28)10-4-5-11-22/h6-9,12-14,28H,4-5,10-11H2,1-3H3,(H,24,25). The molecule has 1 saturated carbocycles. The molecule has 146 valence electrons. The zero-order chi connectivity index (χ0) is 19.9. The lowest BCUT2D eigenvalue weighted by atomic mass is 9.91. The van der Waals surface area contributed by atoms with Gasteiger partial charge in [-0.15, -0.1) is 0 Å². The number of nitrogens with one attached hydrogen (secondary N) is 1. The summed E-state index contributed by atoms with van der Waals surface area (Å²) >= 11 is 0. The van der Waals surface area contributed by atoms with E-state index < -0.39 is 5.60 Å². The summed E-state index contributed by atoms with van der Waals surface area (Å²) in [6.07, 6.45) is 5.30. The van der Waals surface area contributed by atoms with Crippen molar-refractivity contribution < 1.29 is 5.11 Å². The number of anilines is 1. The molecule has 28 heavy (non-hydrogen) atoms. The van der Waals surface area contributed by atoms with Crippen LogP contribution in [0.4, 0.5) is 5.82 Å². The van der Waals surface area contributed by atoms with Crippen LogP contribution in [0.1, 0.15) is 45.1 Å². The van der Waals surface area contributed by atoms with E-state index in [9.17, 15) is 9.90 Å². The topological polar surface area (TPSA) is 80.0 Å². The van der Waals surface area contributed by atoms with Crippen LogP contribution < -0.4 is 10.9 Å². The van der Waals surface area contributed by atoms with E-state index in [1.165, 1.54) is 10.9 Å². The van der Waals surface area contributed by atoms with E-state index in [1.54, 1.807) is 7.05 Å². The molecule has 1 aliphatic rings. The first-order valence-corrected chi connectivity index (χ1v) is 9.83. The average molecular weight is 378 g/mol. The molecule has 3 aromatic rings. The van der Waals surface area contributed by atoms with Gasteiger partial charge >= 0.3 is 0 Å². The number of pyridine rings is 1. The number of aliphatic hydroxyl groups is 1. The predicted molar refractivity (Wildman–Crippen MR) is 111 cm³/mol. The van der Waals surface area contributed by atoms with E-state index in [-0.39, 0.29) is 11.6 Å². The molecule has 0 radical (unpaired) electrons. The van der Waals surface area contributed by atoms with Gasteiger partial charge in [0.1, 0.15) is 11.2 Å². The highest BCUT2D eigenvalue weighted by atomic mass is 16.3. The first-order chi connectivity index (χ1) is 13.4. The lowest BCUT2D eigenvalue weighted by Gasteiger charge is -2.22. The Morgan fingerprint density at radius 2 is 1.86 bits per heavy atom. The summed E-state index contributed by atoms with van der Waals surface area (Å²) in [6.45, 7) is 4.02. The average Bonchev–Trinajstić information content (AvgIpc) is 3.12. The third-order valence-corrected chi connectivity index (χ3v) is 5.48. The van der Waals surface area contributed by atoms with Crippen LogP contribution in [0.15, 0.2) is 41.5 Å². The van der Waals surface area contributed by atoms with Crippen molar-refractivity contribution in [1.82, 2.24) is 14.5 Å². The largest absolute Gasteiger partial charge is 0.385 e. The quantitative estimate of drug-likeness (QED) is 0.725. The van der Waals surface area contributed by atoms with Gasteiger partial charge in [-0.25, -0.2) is 9.97 Å². The van der Waals surface area contributed by atoms with Crippen LogP contribution in [0.25, 0.3) is 22.2 Å². The second-order valence-corrected chi connectivity index (χ2v) is 8.03. The Hall–Kier alpha value is -2.73. The molecule has 2 heterocycles. The van der Waals surface area contributed by atoms with Crippen molar-refractivity contribution in [1.29, 1.82) is 0 Å². The van der Waals surface area contributed by atoms with Gasteiger partial charge in [-0.2, -0.15) is 0 Å². The second kappa shape index (κ2) is 7.02. The van der Waals surface area contributed by atoms with Crippen molar-refractivity contribution in [3.8, 4) is 11.3 Å². The molecule has 1 aromatic carbocycles. The van der Waals surface area contributed by atoms with E-state index in [0.717, 1.165) is 42.5 Å². The van der Waals surface area contributed by atoms with E-state index in [2.05, 4.69) is 10.3 Å². The molecule has 6 heteroatoms. The summed E-state index contributed by atoms with van der Waals surface area (Å²) in [5.41, 5.74) is 2.44. The fourth-order valence-electron chi connectivity index (χ4n) is 3.95. The number of hydrogen-bond acceptors (Lipinski definition) is 5. The maximum absolute atomic E-state index is 12.6. The third-order valence-electron chi connectivity index (χ3n) is 5.48. The van der Waals surface area contributed by atoms with Crippen molar-refractivity contribution in [2.75, 3.05) is 5.32 Å². The Bertz CT molecular complexity index is 1060. The molecule has 0 aliphatic heterocycles. The van der Waals surface area contributed by atoms with Crippen molar-refractivity contribution in [3.63, 3.8) is 0 Å². The Morgan fingerprint density at radius 1 is 1.18 bits per heavy atom.